The van der Waals surface area contributed by atoms with Crippen molar-refractivity contribution < 1.29 is 0 Å². The summed E-state index contributed by atoms with van der Waals surface area (Å²) < 4.78 is 2.18. The van der Waals surface area contributed by atoms with Gasteiger partial charge in [-0.1, -0.05) is 34.1 Å². The highest BCUT2D eigenvalue weighted by atomic mass is 79.9. The van der Waals surface area contributed by atoms with Crippen molar-refractivity contribution in [1.82, 2.24) is 0 Å². The van der Waals surface area contributed by atoms with E-state index >= 15 is 0 Å². The van der Waals surface area contributed by atoms with Crippen molar-refractivity contribution in [1.29, 1.82) is 0 Å². The monoisotopic (exact) mass is 382 g/mol. The molecule has 2 N–H and O–H groups in total. The molecule has 0 fully saturated rings. The minimum atomic E-state index is 0.564. The van der Waals surface area contributed by atoms with Gasteiger partial charge in [-0.25, -0.2) is 0 Å². The number of anilines is 1. The first-order valence-electron chi connectivity index (χ1n) is 6.04. The van der Waals surface area contributed by atoms with Crippen molar-refractivity contribution in [3.63, 3.8) is 0 Å². The molecule has 0 aliphatic rings. The highest BCUT2D eigenvalue weighted by Gasteiger charge is 2.07. The molecule has 0 spiro atoms. The molecule has 0 heterocycles. The molecule has 2 nitrogen and oxygen atoms in total. The van der Waals surface area contributed by atoms with Crippen molar-refractivity contribution in [2.45, 2.75) is 13.1 Å². The van der Waals surface area contributed by atoms with Gasteiger partial charge in [0.05, 0.1) is 5.69 Å². The summed E-state index contributed by atoms with van der Waals surface area (Å²) >= 11 is 7.11. The summed E-state index contributed by atoms with van der Waals surface area (Å²) in [5.74, 6) is 0. The smallest absolute Gasteiger partial charge is 0.0511 e. The highest BCUT2D eigenvalue weighted by molar-refractivity contribution is 9.10. The van der Waals surface area contributed by atoms with E-state index in [-0.39, 0.29) is 0 Å². The van der Waals surface area contributed by atoms with Crippen molar-refractivity contribution in [2.75, 3.05) is 11.9 Å². The summed E-state index contributed by atoms with van der Waals surface area (Å²) in [5.41, 5.74) is 9.21. The van der Waals surface area contributed by atoms with Gasteiger partial charge in [-0.2, -0.15) is 0 Å². The van der Waals surface area contributed by atoms with Gasteiger partial charge in [0.15, 0.2) is 0 Å². The van der Waals surface area contributed by atoms with E-state index in [4.69, 9.17) is 5.73 Å². The third kappa shape index (κ3) is 3.81. The Hall–Kier alpha value is -0.840. The summed E-state index contributed by atoms with van der Waals surface area (Å²) in [5, 5.41) is 0. The molecule has 2 aromatic carbocycles. The molecule has 0 aliphatic carbocycles. The van der Waals surface area contributed by atoms with Gasteiger partial charge < -0.3 is 10.6 Å². The van der Waals surface area contributed by atoms with Crippen LogP contribution in [0.5, 0.6) is 0 Å². The van der Waals surface area contributed by atoms with Crippen LogP contribution in [0.25, 0.3) is 0 Å². The molecule has 4 heteroatoms. The van der Waals surface area contributed by atoms with E-state index in [9.17, 15) is 0 Å². The lowest BCUT2D eigenvalue weighted by molar-refractivity contribution is 0.917. The van der Waals surface area contributed by atoms with E-state index in [1.165, 1.54) is 5.56 Å². The summed E-state index contributed by atoms with van der Waals surface area (Å²) in [4.78, 5) is 2.21. The summed E-state index contributed by atoms with van der Waals surface area (Å²) in [6.45, 7) is 1.42. The molecule has 0 saturated carbocycles. The Labute approximate surface area is 130 Å². The number of halogens is 2. The maximum atomic E-state index is 5.65. The van der Waals surface area contributed by atoms with Gasteiger partial charge >= 0.3 is 0 Å². The maximum Gasteiger partial charge on any atom is 0.0511 e. The molecule has 0 unspecified atom stereocenters. The standard InChI is InChI=1S/C15H16Br2N2/c1-19(10-12-3-2-4-13(16)7-12)15-6-5-11(9-18)8-14(15)17/h2-8H,9-10,18H2,1H3. The Morgan fingerprint density at radius 1 is 1.05 bits per heavy atom. The Bertz CT molecular complexity index is 570. The minimum Gasteiger partial charge on any atom is -0.369 e. The lowest BCUT2D eigenvalue weighted by atomic mass is 10.1. The molecule has 19 heavy (non-hydrogen) atoms. The largest absolute Gasteiger partial charge is 0.369 e. The van der Waals surface area contributed by atoms with Gasteiger partial charge in [0, 0.05) is 29.1 Å². The van der Waals surface area contributed by atoms with Crippen LogP contribution in [0.2, 0.25) is 0 Å². The zero-order valence-electron chi connectivity index (χ0n) is 10.7. The molecule has 0 saturated heterocycles. The van der Waals surface area contributed by atoms with Crippen LogP contribution in [0.15, 0.2) is 51.4 Å². The van der Waals surface area contributed by atoms with Crippen LogP contribution in [0.3, 0.4) is 0 Å². The van der Waals surface area contributed by atoms with Crippen molar-refractivity contribution in [3.8, 4) is 0 Å². The average Bonchev–Trinajstić information content (AvgIpc) is 2.38. The van der Waals surface area contributed by atoms with E-state index in [0.29, 0.717) is 6.54 Å². The van der Waals surface area contributed by atoms with Gasteiger partial charge in [0.2, 0.25) is 0 Å². The zero-order valence-corrected chi connectivity index (χ0v) is 13.9. The topological polar surface area (TPSA) is 29.3 Å². The van der Waals surface area contributed by atoms with Crippen molar-refractivity contribution in [3.05, 3.63) is 62.5 Å². The van der Waals surface area contributed by atoms with Crippen LogP contribution in [-0.4, -0.2) is 7.05 Å². The molecule has 0 atom stereocenters. The first kappa shape index (κ1) is 14.6. The molecule has 100 valence electrons. The van der Waals surface area contributed by atoms with Crippen LogP contribution in [-0.2, 0) is 13.1 Å². The minimum absolute atomic E-state index is 0.564. The van der Waals surface area contributed by atoms with Crippen LogP contribution in [0, 0.1) is 0 Å². The second kappa shape index (κ2) is 6.55. The predicted octanol–water partition coefficient (Wildman–Crippen LogP) is 4.31. The number of hydrogen-bond donors (Lipinski definition) is 1. The Kier molecular flexibility index (Phi) is 5.02. The van der Waals surface area contributed by atoms with Crippen LogP contribution < -0.4 is 10.6 Å². The second-order valence-electron chi connectivity index (χ2n) is 4.48. The fourth-order valence-corrected chi connectivity index (χ4v) is 3.16. The van der Waals surface area contributed by atoms with Crippen molar-refractivity contribution in [2.24, 2.45) is 5.73 Å². The average molecular weight is 384 g/mol. The zero-order chi connectivity index (χ0) is 13.8. The Morgan fingerprint density at radius 3 is 2.47 bits per heavy atom. The second-order valence-corrected chi connectivity index (χ2v) is 6.25. The Balaban J connectivity index is 2.18. The third-order valence-corrected chi connectivity index (χ3v) is 4.10. The first-order valence-corrected chi connectivity index (χ1v) is 7.63. The number of nitrogens with two attached hydrogens (primary N) is 1. The highest BCUT2D eigenvalue weighted by Crippen LogP contribution is 2.27. The van der Waals surface area contributed by atoms with Gasteiger partial charge in [-0.3, -0.25) is 0 Å². The van der Waals surface area contributed by atoms with Crippen LogP contribution in [0.1, 0.15) is 11.1 Å². The van der Waals surface area contributed by atoms with Gasteiger partial charge in [-0.05, 0) is 51.3 Å². The lowest BCUT2D eigenvalue weighted by Gasteiger charge is -2.21. The van der Waals surface area contributed by atoms with E-state index in [0.717, 1.165) is 26.7 Å². The van der Waals surface area contributed by atoms with E-state index < -0.39 is 0 Å². The molecule has 0 radical (unpaired) electrons. The van der Waals surface area contributed by atoms with Gasteiger partial charge in [-0.15, -0.1) is 0 Å². The molecule has 2 aromatic rings. The van der Waals surface area contributed by atoms with Crippen LogP contribution in [0.4, 0.5) is 5.69 Å². The molecule has 0 amide bonds. The molecule has 0 bridgehead atoms. The SMILES string of the molecule is CN(Cc1cccc(Br)c1)c1ccc(CN)cc1Br. The number of rotatable bonds is 4. The molecule has 2 rings (SSSR count). The quantitative estimate of drug-likeness (QED) is 0.852. The van der Waals surface area contributed by atoms with Crippen molar-refractivity contribution >= 4 is 37.5 Å². The maximum absolute atomic E-state index is 5.65. The molecular weight excluding hydrogens is 368 g/mol. The predicted molar refractivity (Wildman–Crippen MR) is 88.3 cm³/mol. The van der Waals surface area contributed by atoms with E-state index in [1.807, 2.05) is 6.07 Å². The van der Waals surface area contributed by atoms with Crippen LogP contribution >= 0.6 is 31.9 Å². The number of benzene rings is 2. The normalized spacial score (nSPS) is 10.5. The van der Waals surface area contributed by atoms with E-state index in [2.05, 4.69) is 80.2 Å². The lowest BCUT2D eigenvalue weighted by Crippen LogP contribution is -2.17. The molecular formula is C15H16Br2N2. The number of nitrogens with zero attached hydrogens (tertiary/aromatic N) is 1. The number of hydrogen-bond acceptors (Lipinski definition) is 2. The first-order chi connectivity index (χ1) is 9.10. The Morgan fingerprint density at radius 2 is 1.84 bits per heavy atom. The molecule has 0 aromatic heterocycles. The van der Waals surface area contributed by atoms with Gasteiger partial charge in [0.1, 0.15) is 0 Å². The summed E-state index contributed by atoms with van der Waals surface area (Å²) in [7, 11) is 2.09. The fourth-order valence-electron chi connectivity index (χ4n) is 1.98. The van der Waals surface area contributed by atoms with Gasteiger partial charge in [0.25, 0.3) is 0 Å². The summed E-state index contributed by atoms with van der Waals surface area (Å²) in [6.07, 6.45) is 0. The summed E-state index contributed by atoms with van der Waals surface area (Å²) in [6, 6.07) is 14.6. The fraction of sp³-hybridized carbons (Fsp3) is 0.200. The molecule has 0 aliphatic heterocycles. The van der Waals surface area contributed by atoms with E-state index in [1.54, 1.807) is 0 Å². The third-order valence-electron chi connectivity index (χ3n) is 2.97.